The maximum atomic E-state index is 6.48. The molecule has 1 heterocycles. The Morgan fingerprint density at radius 1 is 0.429 bits per heavy atom. The number of para-hydroxylation sites is 2. The Labute approximate surface area is 166 Å². The van der Waals surface area contributed by atoms with Crippen molar-refractivity contribution in [1.29, 1.82) is 0 Å². The van der Waals surface area contributed by atoms with Gasteiger partial charge in [-0.2, -0.15) is 0 Å². The van der Waals surface area contributed by atoms with Crippen molar-refractivity contribution in [3.05, 3.63) is 115 Å². The number of fused-ring (bicyclic) bond motifs is 1. The molecule has 134 valence electrons. The highest BCUT2D eigenvalue weighted by atomic mass is 28.3. The van der Waals surface area contributed by atoms with Crippen LogP contribution in [0.15, 0.2) is 115 Å². The lowest BCUT2D eigenvalue weighted by Crippen LogP contribution is -2.79. The van der Waals surface area contributed by atoms with Crippen LogP contribution >= 0.6 is 0 Å². The Hall–Kier alpha value is -3.24. The first kappa shape index (κ1) is 16.9. The van der Waals surface area contributed by atoms with Crippen LogP contribution in [0.4, 0.5) is 0 Å². The van der Waals surface area contributed by atoms with Gasteiger partial charge in [-0.1, -0.05) is 103 Å². The second-order valence-electron chi connectivity index (χ2n) is 6.92. The minimum Gasteiger partial charge on any atom is -0.526 e. The van der Waals surface area contributed by atoms with Crippen molar-refractivity contribution in [1.82, 2.24) is 0 Å². The molecule has 0 unspecified atom stereocenters. The van der Waals surface area contributed by atoms with Crippen LogP contribution in [0.2, 0.25) is 0 Å². The third-order valence-corrected chi connectivity index (χ3v) is 10.0. The molecule has 2 nitrogen and oxygen atoms in total. The Balaban J connectivity index is 1.79. The topological polar surface area (TPSA) is 18.5 Å². The van der Waals surface area contributed by atoms with E-state index in [1.54, 1.807) is 0 Å². The lowest BCUT2D eigenvalue weighted by Gasteiger charge is -2.33. The van der Waals surface area contributed by atoms with Gasteiger partial charge in [-0.15, -0.1) is 0 Å². The lowest BCUT2D eigenvalue weighted by molar-refractivity contribution is 0.525. The van der Waals surface area contributed by atoms with Gasteiger partial charge >= 0.3 is 6.71 Å². The Morgan fingerprint density at radius 3 is 1.11 bits per heavy atom. The molecule has 28 heavy (non-hydrogen) atoms. The molecule has 0 atom stereocenters. The second-order valence-corrected chi connectivity index (χ2v) is 10.7. The monoisotopic (exact) mass is 378 g/mol. The Kier molecular flexibility index (Phi) is 4.26. The average molecular weight is 378 g/mol. The van der Waals surface area contributed by atoms with E-state index in [-0.39, 0.29) is 6.71 Å². The van der Waals surface area contributed by atoms with Crippen molar-refractivity contribution < 1.29 is 9.31 Å². The molecular weight excluding hydrogens is 359 g/mol. The van der Waals surface area contributed by atoms with Gasteiger partial charge in [-0.3, -0.25) is 0 Å². The molecule has 4 aromatic carbocycles. The van der Waals surface area contributed by atoms with Crippen LogP contribution in [0.1, 0.15) is 0 Å². The van der Waals surface area contributed by atoms with E-state index >= 15 is 0 Å². The molecule has 5 rings (SSSR count). The molecule has 0 spiro atoms. The SMILES string of the molecule is c1ccc([Si](B2Oc3ccccc3O2)(c2ccccc2)c2ccccc2)cc1. The molecule has 0 amide bonds. The van der Waals surface area contributed by atoms with E-state index in [0.717, 1.165) is 11.5 Å². The number of hydrogen-bond acceptors (Lipinski definition) is 2. The zero-order valence-corrected chi connectivity index (χ0v) is 16.4. The largest absolute Gasteiger partial charge is 0.578 e. The molecule has 0 radical (unpaired) electrons. The first-order valence-corrected chi connectivity index (χ1v) is 11.6. The number of rotatable bonds is 4. The summed E-state index contributed by atoms with van der Waals surface area (Å²) in [5.41, 5.74) is 0. The van der Waals surface area contributed by atoms with E-state index < -0.39 is 7.94 Å². The van der Waals surface area contributed by atoms with Crippen LogP contribution in [0.5, 0.6) is 11.5 Å². The summed E-state index contributed by atoms with van der Waals surface area (Å²) < 4.78 is 13.0. The summed E-state index contributed by atoms with van der Waals surface area (Å²) in [6.07, 6.45) is 0. The summed E-state index contributed by atoms with van der Waals surface area (Å²) in [5, 5.41) is 3.81. The Morgan fingerprint density at radius 2 is 0.750 bits per heavy atom. The fraction of sp³-hybridized carbons (Fsp3) is 0. The first-order valence-electron chi connectivity index (χ1n) is 9.48. The van der Waals surface area contributed by atoms with E-state index in [0.29, 0.717) is 0 Å². The van der Waals surface area contributed by atoms with Crippen LogP contribution in [-0.2, 0) is 0 Å². The van der Waals surface area contributed by atoms with Crippen molar-refractivity contribution in [2.75, 3.05) is 0 Å². The van der Waals surface area contributed by atoms with Crippen LogP contribution < -0.4 is 24.9 Å². The van der Waals surface area contributed by atoms with E-state index in [9.17, 15) is 0 Å². The highest BCUT2D eigenvalue weighted by Gasteiger charge is 2.58. The lowest BCUT2D eigenvalue weighted by atomic mass is 10.3. The van der Waals surface area contributed by atoms with Gasteiger partial charge in [-0.25, -0.2) is 0 Å². The van der Waals surface area contributed by atoms with Gasteiger partial charge in [0.1, 0.15) is 11.5 Å². The van der Waals surface area contributed by atoms with Crippen LogP contribution in [0, 0.1) is 0 Å². The van der Waals surface area contributed by atoms with Gasteiger partial charge in [0, 0.05) is 0 Å². The van der Waals surface area contributed by atoms with Gasteiger partial charge in [0.25, 0.3) is 0 Å². The summed E-state index contributed by atoms with van der Waals surface area (Å²) in [6.45, 7) is -0.378. The van der Waals surface area contributed by atoms with Crippen molar-refractivity contribution >= 4 is 30.2 Å². The quantitative estimate of drug-likeness (QED) is 0.401. The van der Waals surface area contributed by atoms with E-state index in [4.69, 9.17) is 9.31 Å². The van der Waals surface area contributed by atoms with Crippen molar-refractivity contribution in [3.63, 3.8) is 0 Å². The van der Waals surface area contributed by atoms with Crippen molar-refractivity contribution in [2.45, 2.75) is 0 Å². The zero-order chi connectivity index (χ0) is 18.8. The molecular formula is C24H19BO2Si. The summed E-state index contributed by atoms with van der Waals surface area (Å²) in [6, 6.07) is 40.0. The zero-order valence-electron chi connectivity index (χ0n) is 15.4. The van der Waals surface area contributed by atoms with Gasteiger partial charge < -0.3 is 9.31 Å². The predicted molar refractivity (Wildman–Crippen MR) is 117 cm³/mol. The van der Waals surface area contributed by atoms with E-state index in [1.165, 1.54) is 15.6 Å². The molecule has 0 saturated carbocycles. The molecule has 4 heteroatoms. The molecule has 0 saturated heterocycles. The molecule has 1 aliphatic rings. The van der Waals surface area contributed by atoms with E-state index in [2.05, 4.69) is 91.0 Å². The van der Waals surface area contributed by atoms with Crippen LogP contribution in [0.3, 0.4) is 0 Å². The molecule has 0 aromatic heterocycles. The number of hydrogen-bond donors (Lipinski definition) is 0. The highest BCUT2D eigenvalue weighted by Crippen LogP contribution is 2.35. The molecule has 1 aliphatic heterocycles. The van der Waals surface area contributed by atoms with Gasteiger partial charge in [-0.05, 0) is 27.7 Å². The van der Waals surface area contributed by atoms with Gasteiger partial charge in [0.15, 0.2) is 0 Å². The fourth-order valence-corrected chi connectivity index (χ4v) is 8.67. The molecule has 0 aliphatic carbocycles. The summed E-state index contributed by atoms with van der Waals surface area (Å²) in [4.78, 5) is 0. The fourth-order valence-electron chi connectivity index (χ4n) is 4.09. The van der Waals surface area contributed by atoms with Gasteiger partial charge in [0.05, 0.1) is 0 Å². The van der Waals surface area contributed by atoms with Crippen molar-refractivity contribution in [3.8, 4) is 11.5 Å². The average Bonchev–Trinajstić information content (AvgIpc) is 3.21. The van der Waals surface area contributed by atoms with Gasteiger partial charge in [0.2, 0.25) is 7.94 Å². The summed E-state index contributed by atoms with van der Waals surface area (Å²) in [7, 11) is -2.63. The molecule has 0 fully saturated rings. The summed E-state index contributed by atoms with van der Waals surface area (Å²) >= 11 is 0. The minimum atomic E-state index is -2.63. The molecule has 0 bridgehead atoms. The van der Waals surface area contributed by atoms with Crippen LogP contribution in [-0.4, -0.2) is 14.7 Å². The molecule has 4 aromatic rings. The predicted octanol–water partition coefficient (Wildman–Crippen LogP) is 3.19. The normalized spacial score (nSPS) is 12.8. The minimum absolute atomic E-state index is 0.378. The number of benzene rings is 4. The smallest absolute Gasteiger partial charge is 0.526 e. The maximum Gasteiger partial charge on any atom is 0.578 e. The van der Waals surface area contributed by atoms with E-state index in [1.807, 2.05) is 24.3 Å². The molecule has 0 N–H and O–H groups in total. The first-order chi connectivity index (χ1) is 13.9. The maximum absolute atomic E-state index is 6.48. The highest BCUT2D eigenvalue weighted by molar-refractivity contribution is 7.46. The van der Waals surface area contributed by atoms with Crippen LogP contribution in [0.25, 0.3) is 0 Å². The third kappa shape index (κ3) is 2.65. The standard InChI is InChI=1S/C24H19BO2Si/c1-4-12-20(13-5-1)28(21-14-6-2-7-15-21,22-16-8-3-9-17-22)25-26-23-18-10-11-19-24(23)27-25/h1-19H. The Bertz CT molecular complexity index is 950. The second kappa shape index (κ2) is 7.06. The van der Waals surface area contributed by atoms with Crippen molar-refractivity contribution in [2.24, 2.45) is 0 Å². The summed E-state index contributed by atoms with van der Waals surface area (Å²) in [5.74, 6) is 1.62. The third-order valence-electron chi connectivity index (χ3n) is 5.36.